The first-order chi connectivity index (χ1) is 11.3. The predicted molar refractivity (Wildman–Crippen MR) is 85.7 cm³/mol. The summed E-state index contributed by atoms with van der Waals surface area (Å²) in [6, 6.07) is 7.60. The van der Waals surface area contributed by atoms with Gasteiger partial charge in [-0.3, -0.25) is 4.79 Å². The lowest BCUT2D eigenvalue weighted by Gasteiger charge is -2.31. The van der Waals surface area contributed by atoms with Gasteiger partial charge < -0.3 is 19.4 Å². The summed E-state index contributed by atoms with van der Waals surface area (Å²) in [6.45, 7) is 2.20. The Kier molecular flexibility index (Phi) is 4.80. The Labute approximate surface area is 135 Å². The smallest absolute Gasteiger partial charge is 0.271 e. The second kappa shape index (κ2) is 7.17. The van der Waals surface area contributed by atoms with E-state index in [1.807, 2.05) is 29.2 Å². The van der Waals surface area contributed by atoms with Crippen LogP contribution in [0.15, 0.2) is 36.8 Å². The SMILES string of the molecule is COc1ccc(OCC2CCN(C(=O)c3cnc[nH]3)CC2)cc1. The molecule has 1 aromatic heterocycles. The van der Waals surface area contributed by atoms with Gasteiger partial charge in [0.2, 0.25) is 0 Å². The third-order valence-corrected chi connectivity index (χ3v) is 4.18. The van der Waals surface area contributed by atoms with E-state index in [1.165, 1.54) is 6.33 Å². The third-order valence-electron chi connectivity index (χ3n) is 4.18. The van der Waals surface area contributed by atoms with E-state index >= 15 is 0 Å². The molecule has 0 unspecified atom stereocenters. The lowest BCUT2D eigenvalue weighted by Crippen LogP contribution is -2.39. The summed E-state index contributed by atoms with van der Waals surface area (Å²) in [7, 11) is 1.65. The Balaban J connectivity index is 1.44. The number of aromatic nitrogens is 2. The first-order valence-electron chi connectivity index (χ1n) is 7.81. The third kappa shape index (κ3) is 3.83. The minimum Gasteiger partial charge on any atom is -0.497 e. The number of hydrogen-bond acceptors (Lipinski definition) is 4. The molecule has 6 nitrogen and oxygen atoms in total. The van der Waals surface area contributed by atoms with Crippen LogP contribution in [0.3, 0.4) is 0 Å². The van der Waals surface area contributed by atoms with Crippen molar-refractivity contribution in [2.24, 2.45) is 5.92 Å². The number of likely N-dealkylation sites (tertiary alicyclic amines) is 1. The number of ether oxygens (including phenoxy) is 2. The minimum absolute atomic E-state index is 0.0250. The van der Waals surface area contributed by atoms with Gasteiger partial charge in [-0.25, -0.2) is 4.98 Å². The number of rotatable bonds is 5. The van der Waals surface area contributed by atoms with Crippen molar-refractivity contribution >= 4 is 5.91 Å². The van der Waals surface area contributed by atoms with Crippen LogP contribution >= 0.6 is 0 Å². The summed E-state index contributed by atoms with van der Waals surface area (Å²) in [4.78, 5) is 20.9. The van der Waals surface area contributed by atoms with Gasteiger partial charge >= 0.3 is 0 Å². The van der Waals surface area contributed by atoms with Crippen LogP contribution in [0.4, 0.5) is 0 Å². The zero-order chi connectivity index (χ0) is 16.1. The Bertz CT molecular complexity index is 617. The van der Waals surface area contributed by atoms with Crippen LogP contribution in [0.2, 0.25) is 0 Å². The largest absolute Gasteiger partial charge is 0.497 e. The molecule has 1 fully saturated rings. The van der Waals surface area contributed by atoms with E-state index in [4.69, 9.17) is 9.47 Å². The second-order valence-corrected chi connectivity index (χ2v) is 5.69. The van der Waals surface area contributed by atoms with Gasteiger partial charge in [-0.1, -0.05) is 0 Å². The number of nitrogens with zero attached hydrogens (tertiary/aromatic N) is 2. The zero-order valence-electron chi connectivity index (χ0n) is 13.2. The summed E-state index contributed by atoms with van der Waals surface area (Å²) in [6.07, 6.45) is 5.01. The molecule has 2 aromatic rings. The van der Waals surface area contributed by atoms with Crippen molar-refractivity contribution in [3.63, 3.8) is 0 Å². The molecular formula is C17H21N3O3. The first-order valence-corrected chi connectivity index (χ1v) is 7.81. The average molecular weight is 315 g/mol. The standard InChI is InChI=1S/C17H21N3O3/c1-22-14-2-4-15(5-3-14)23-11-13-6-8-20(9-7-13)17(21)16-10-18-12-19-16/h2-5,10,12-13H,6-9,11H2,1H3,(H,18,19). The van der Waals surface area contributed by atoms with Crippen molar-refractivity contribution in [3.05, 3.63) is 42.5 Å². The van der Waals surface area contributed by atoms with Gasteiger partial charge in [-0.2, -0.15) is 0 Å². The molecule has 1 amide bonds. The van der Waals surface area contributed by atoms with Crippen LogP contribution in [-0.2, 0) is 0 Å². The maximum absolute atomic E-state index is 12.2. The highest BCUT2D eigenvalue weighted by atomic mass is 16.5. The Morgan fingerprint density at radius 2 is 1.96 bits per heavy atom. The molecule has 1 N–H and O–H groups in total. The minimum atomic E-state index is 0.0250. The van der Waals surface area contributed by atoms with Crippen molar-refractivity contribution in [1.29, 1.82) is 0 Å². The molecule has 0 radical (unpaired) electrons. The van der Waals surface area contributed by atoms with Crippen molar-refractivity contribution in [2.75, 3.05) is 26.8 Å². The number of H-pyrrole nitrogens is 1. The molecule has 1 aliphatic rings. The van der Waals surface area contributed by atoms with Gasteiger partial charge in [0.15, 0.2) is 0 Å². The van der Waals surface area contributed by atoms with Gasteiger partial charge in [0.25, 0.3) is 5.91 Å². The van der Waals surface area contributed by atoms with Crippen LogP contribution in [0, 0.1) is 5.92 Å². The maximum Gasteiger partial charge on any atom is 0.271 e. The quantitative estimate of drug-likeness (QED) is 0.919. The van der Waals surface area contributed by atoms with Gasteiger partial charge in [0, 0.05) is 13.1 Å². The normalized spacial score (nSPS) is 15.4. The lowest BCUT2D eigenvalue weighted by molar-refractivity contribution is 0.0656. The van der Waals surface area contributed by atoms with E-state index in [9.17, 15) is 4.79 Å². The van der Waals surface area contributed by atoms with Crippen molar-refractivity contribution in [2.45, 2.75) is 12.8 Å². The highest BCUT2D eigenvalue weighted by Gasteiger charge is 2.24. The summed E-state index contributed by atoms with van der Waals surface area (Å²) in [5.41, 5.74) is 0.554. The number of hydrogen-bond donors (Lipinski definition) is 1. The molecule has 3 rings (SSSR count). The Hall–Kier alpha value is -2.50. The first kappa shape index (κ1) is 15.4. The summed E-state index contributed by atoms with van der Waals surface area (Å²) >= 11 is 0. The predicted octanol–water partition coefficient (Wildman–Crippen LogP) is 2.35. The van der Waals surface area contributed by atoms with E-state index in [0.29, 0.717) is 18.2 Å². The number of carbonyl (C=O) groups excluding carboxylic acids is 1. The molecule has 2 heterocycles. The lowest BCUT2D eigenvalue weighted by atomic mass is 9.97. The number of imidazole rings is 1. The van der Waals surface area contributed by atoms with Gasteiger partial charge in [-0.15, -0.1) is 0 Å². The van der Waals surface area contributed by atoms with E-state index in [1.54, 1.807) is 13.3 Å². The van der Waals surface area contributed by atoms with Crippen molar-refractivity contribution in [1.82, 2.24) is 14.9 Å². The molecule has 23 heavy (non-hydrogen) atoms. The molecule has 122 valence electrons. The number of methoxy groups -OCH3 is 1. The number of benzene rings is 1. The second-order valence-electron chi connectivity index (χ2n) is 5.69. The summed E-state index contributed by atoms with van der Waals surface area (Å²) < 4.78 is 11.0. The van der Waals surface area contributed by atoms with Crippen LogP contribution in [-0.4, -0.2) is 47.6 Å². The molecule has 0 saturated carbocycles. The maximum atomic E-state index is 12.2. The zero-order valence-corrected chi connectivity index (χ0v) is 13.2. The van der Waals surface area contributed by atoms with E-state index in [-0.39, 0.29) is 5.91 Å². The van der Waals surface area contributed by atoms with Crippen molar-refractivity contribution < 1.29 is 14.3 Å². The summed E-state index contributed by atoms with van der Waals surface area (Å²) in [5.74, 6) is 2.17. The van der Waals surface area contributed by atoms with Crippen molar-refractivity contribution in [3.8, 4) is 11.5 Å². The average Bonchev–Trinajstić information content (AvgIpc) is 3.15. The monoisotopic (exact) mass is 315 g/mol. The highest BCUT2D eigenvalue weighted by Crippen LogP contribution is 2.22. The molecule has 1 saturated heterocycles. The Morgan fingerprint density at radius 1 is 1.26 bits per heavy atom. The van der Waals surface area contributed by atoms with Crippen LogP contribution in [0.5, 0.6) is 11.5 Å². The summed E-state index contributed by atoms with van der Waals surface area (Å²) in [5, 5.41) is 0. The van der Waals surface area contributed by atoms with Gasteiger partial charge in [-0.05, 0) is 43.0 Å². The van der Waals surface area contributed by atoms with E-state index in [2.05, 4.69) is 9.97 Å². The van der Waals surface area contributed by atoms with E-state index < -0.39 is 0 Å². The molecule has 1 aromatic carbocycles. The molecule has 6 heteroatoms. The molecule has 0 bridgehead atoms. The number of amides is 1. The van der Waals surface area contributed by atoms with Gasteiger partial charge in [0.05, 0.1) is 26.2 Å². The Morgan fingerprint density at radius 3 is 2.57 bits per heavy atom. The molecule has 0 spiro atoms. The highest BCUT2D eigenvalue weighted by molar-refractivity contribution is 5.92. The number of aromatic amines is 1. The van der Waals surface area contributed by atoms with Crippen LogP contribution < -0.4 is 9.47 Å². The van der Waals surface area contributed by atoms with Gasteiger partial charge in [0.1, 0.15) is 17.2 Å². The fraction of sp³-hybridized carbons (Fsp3) is 0.412. The number of nitrogens with one attached hydrogen (secondary N) is 1. The molecule has 1 aliphatic heterocycles. The topological polar surface area (TPSA) is 67.5 Å². The number of piperidine rings is 1. The van der Waals surface area contributed by atoms with Crippen LogP contribution in [0.1, 0.15) is 23.3 Å². The van der Waals surface area contributed by atoms with Crippen LogP contribution in [0.25, 0.3) is 0 Å². The number of carbonyl (C=O) groups is 1. The molecule has 0 aliphatic carbocycles. The fourth-order valence-electron chi connectivity index (χ4n) is 2.73. The fourth-order valence-corrected chi connectivity index (χ4v) is 2.73. The molecular weight excluding hydrogens is 294 g/mol. The molecule has 0 atom stereocenters. The van der Waals surface area contributed by atoms with E-state index in [0.717, 1.165) is 37.4 Å².